The summed E-state index contributed by atoms with van der Waals surface area (Å²) in [5.74, 6) is -0.330. The van der Waals surface area contributed by atoms with Crippen molar-refractivity contribution in [3.05, 3.63) is 95.6 Å². The highest BCUT2D eigenvalue weighted by Gasteiger charge is 2.19. The Kier molecular flexibility index (Phi) is 7.30. The monoisotopic (exact) mass is 463 g/mol. The fraction of sp³-hybridized carbons (Fsp3) is 0.120. The lowest BCUT2D eigenvalue weighted by molar-refractivity contribution is 0.104. The number of nitrogens with zero attached hydrogens (tertiary/aromatic N) is 1. The summed E-state index contributed by atoms with van der Waals surface area (Å²) in [6, 6.07) is 19.2. The van der Waals surface area contributed by atoms with Crippen LogP contribution in [0.4, 0.5) is 16.2 Å². The first kappa shape index (κ1) is 23.7. The first-order valence-corrected chi connectivity index (χ1v) is 11.6. The van der Waals surface area contributed by atoms with Crippen molar-refractivity contribution in [1.82, 2.24) is 4.72 Å². The van der Waals surface area contributed by atoms with Gasteiger partial charge in [0, 0.05) is 25.3 Å². The lowest BCUT2D eigenvalue weighted by Crippen LogP contribution is -2.34. The van der Waals surface area contributed by atoms with Gasteiger partial charge >= 0.3 is 6.03 Å². The second-order valence-electron chi connectivity index (χ2n) is 7.60. The van der Waals surface area contributed by atoms with E-state index in [1.54, 1.807) is 36.4 Å². The van der Waals surface area contributed by atoms with E-state index in [4.69, 9.17) is 0 Å². The summed E-state index contributed by atoms with van der Waals surface area (Å²) >= 11 is 0. The van der Waals surface area contributed by atoms with Crippen LogP contribution in [-0.4, -0.2) is 34.3 Å². The van der Waals surface area contributed by atoms with E-state index in [-0.39, 0.29) is 21.9 Å². The van der Waals surface area contributed by atoms with Crippen molar-refractivity contribution in [2.75, 3.05) is 24.3 Å². The smallest absolute Gasteiger partial charge is 0.333 e. The number of urea groups is 1. The molecule has 3 aromatic rings. The van der Waals surface area contributed by atoms with Gasteiger partial charge < -0.3 is 10.2 Å². The molecule has 33 heavy (non-hydrogen) atoms. The van der Waals surface area contributed by atoms with Crippen LogP contribution in [0.3, 0.4) is 0 Å². The fourth-order valence-corrected chi connectivity index (χ4v) is 3.91. The van der Waals surface area contributed by atoms with Crippen molar-refractivity contribution in [2.24, 2.45) is 0 Å². The molecule has 8 heteroatoms. The number of para-hydroxylation sites is 1. The van der Waals surface area contributed by atoms with Crippen LogP contribution in [0.25, 0.3) is 6.08 Å². The Hall–Kier alpha value is -3.91. The SMILES string of the molecule is Cc1ccc(S(=O)(=O)NC(=O)Nc2ccccc2C(=O)/C=C/c2ccc(N(C)C)cc2)cc1. The molecular weight excluding hydrogens is 438 g/mol. The molecule has 3 aromatic carbocycles. The molecule has 2 amide bonds. The number of carbonyl (C=O) groups is 2. The van der Waals surface area contributed by atoms with Gasteiger partial charge in [-0.05, 0) is 55.0 Å². The van der Waals surface area contributed by atoms with Crippen LogP contribution in [0.1, 0.15) is 21.5 Å². The molecule has 0 saturated carbocycles. The van der Waals surface area contributed by atoms with Gasteiger partial charge in [-0.2, -0.15) is 0 Å². The van der Waals surface area contributed by atoms with E-state index in [1.807, 2.05) is 54.9 Å². The number of allylic oxidation sites excluding steroid dienone is 1. The number of hydrogen-bond donors (Lipinski definition) is 2. The summed E-state index contributed by atoms with van der Waals surface area (Å²) in [6.45, 7) is 1.83. The lowest BCUT2D eigenvalue weighted by Gasteiger charge is -2.12. The maximum Gasteiger partial charge on any atom is 0.333 e. The molecule has 2 N–H and O–H groups in total. The van der Waals surface area contributed by atoms with Crippen LogP contribution in [-0.2, 0) is 10.0 Å². The van der Waals surface area contributed by atoms with Gasteiger partial charge in [-0.1, -0.05) is 48.0 Å². The van der Waals surface area contributed by atoms with Crippen LogP contribution < -0.4 is 14.9 Å². The molecule has 0 aliphatic carbocycles. The zero-order chi connectivity index (χ0) is 24.0. The average molecular weight is 464 g/mol. The number of sulfonamides is 1. The topological polar surface area (TPSA) is 95.6 Å². The number of amides is 2. The predicted octanol–water partition coefficient (Wildman–Crippen LogP) is 4.47. The molecule has 7 nitrogen and oxygen atoms in total. The summed E-state index contributed by atoms with van der Waals surface area (Å²) in [7, 11) is -0.160. The van der Waals surface area contributed by atoms with Crippen LogP contribution >= 0.6 is 0 Å². The van der Waals surface area contributed by atoms with Crippen molar-refractivity contribution < 1.29 is 18.0 Å². The van der Waals surface area contributed by atoms with E-state index in [2.05, 4.69) is 5.32 Å². The van der Waals surface area contributed by atoms with E-state index in [0.29, 0.717) is 0 Å². The minimum absolute atomic E-state index is 0.0316. The third-order valence-corrected chi connectivity index (χ3v) is 6.18. The van der Waals surface area contributed by atoms with E-state index >= 15 is 0 Å². The van der Waals surface area contributed by atoms with Gasteiger partial charge in [-0.15, -0.1) is 0 Å². The molecule has 0 radical (unpaired) electrons. The number of nitrogens with one attached hydrogen (secondary N) is 2. The Balaban J connectivity index is 1.72. The van der Waals surface area contributed by atoms with Crippen molar-refractivity contribution >= 4 is 39.3 Å². The zero-order valence-electron chi connectivity index (χ0n) is 18.6. The van der Waals surface area contributed by atoms with Crippen molar-refractivity contribution in [3.8, 4) is 0 Å². The number of benzene rings is 3. The fourth-order valence-electron chi connectivity index (χ4n) is 3.00. The predicted molar refractivity (Wildman–Crippen MR) is 131 cm³/mol. The minimum Gasteiger partial charge on any atom is -0.378 e. The third-order valence-electron chi connectivity index (χ3n) is 4.84. The van der Waals surface area contributed by atoms with E-state index in [9.17, 15) is 18.0 Å². The summed E-state index contributed by atoms with van der Waals surface area (Å²) in [5, 5.41) is 2.46. The van der Waals surface area contributed by atoms with Gasteiger partial charge in [-0.3, -0.25) is 4.79 Å². The van der Waals surface area contributed by atoms with Gasteiger partial charge in [-0.25, -0.2) is 17.9 Å². The lowest BCUT2D eigenvalue weighted by atomic mass is 10.1. The standard InChI is InChI=1S/C25H25N3O4S/c1-18-8-15-21(16-9-18)33(31,32)27-25(30)26-23-7-5-4-6-22(23)24(29)17-12-19-10-13-20(14-11-19)28(2)3/h4-17H,1-3H3,(H2,26,27,30)/b17-12+. The average Bonchev–Trinajstić information content (AvgIpc) is 2.78. The van der Waals surface area contributed by atoms with Crippen LogP contribution in [0.2, 0.25) is 0 Å². The van der Waals surface area contributed by atoms with Gasteiger partial charge in [0.15, 0.2) is 5.78 Å². The normalized spacial score (nSPS) is 11.2. The molecule has 0 aliphatic heterocycles. The van der Waals surface area contributed by atoms with E-state index in [0.717, 1.165) is 16.8 Å². The number of rotatable bonds is 7. The third kappa shape index (κ3) is 6.30. The molecule has 0 spiro atoms. The molecule has 3 rings (SSSR count). The first-order chi connectivity index (χ1) is 15.7. The molecular formula is C25H25N3O4S. The summed E-state index contributed by atoms with van der Waals surface area (Å²) in [5.41, 5.74) is 3.22. The van der Waals surface area contributed by atoms with Gasteiger partial charge in [0.25, 0.3) is 10.0 Å². The molecule has 0 fully saturated rings. The highest BCUT2D eigenvalue weighted by molar-refractivity contribution is 7.90. The van der Waals surface area contributed by atoms with E-state index < -0.39 is 16.1 Å². The Morgan fingerprint density at radius 2 is 1.52 bits per heavy atom. The van der Waals surface area contributed by atoms with Crippen LogP contribution in [0, 0.1) is 6.92 Å². The number of hydrogen-bond acceptors (Lipinski definition) is 5. The number of carbonyl (C=O) groups excluding carboxylic acids is 2. The maximum absolute atomic E-state index is 12.7. The van der Waals surface area contributed by atoms with Gasteiger partial charge in [0.2, 0.25) is 0 Å². The minimum atomic E-state index is -4.05. The Morgan fingerprint density at radius 1 is 0.879 bits per heavy atom. The summed E-state index contributed by atoms with van der Waals surface area (Å²) in [6.07, 6.45) is 3.09. The molecule has 0 unspecified atom stereocenters. The molecule has 0 heterocycles. The highest BCUT2D eigenvalue weighted by Crippen LogP contribution is 2.18. The second-order valence-corrected chi connectivity index (χ2v) is 9.28. The Labute approximate surface area is 193 Å². The van der Waals surface area contributed by atoms with Gasteiger partial charge in [0.1, 0.15) is 0 Å². The van der Waals surface area contributed by atoms with Crippen molar-refractivity contribution in [1.29, 1.82) is 0 Å². The molecule has 0 aliphatic rings. The highest BCUT2D eigenvalue weighted by atomic mass is 32.2. The molecule has 0 atom stereocenters. The van der Waals surface area contributed by atoms with Crippen molar-refractivity contribution in [2.45, 2.75) is 11.8 Å². The molecule has 0 saturated heterocycles. The number of aryl methyl sites for hydroxylation is 1. The molecule has 0 bridgehead atoms. The summed E-state index contributed by atoms with van der Waals surface area (Å²) in [4.78, 5) is 27.1. The molecule has 170 valence electrons. The van der Waals surface area contributed by atoms with Crippen molar-refractivity contribution in [3.63, 3.8) is 0 Å². The number of anilines is 2. The maximum atomic E-state index is 12.7. The zero-order valence-corrected chi connectivity index (χ0v) is 19.4. The Morgan fingerprint density at radius 3 is 2.15 bits per heavy atom. The van der Waals surface area contributed by atoms with Crippen LogP contribution in [0.15, 0.2) is 83.8 Å². The quantitative estimate of drug-likeness (QED) is 0.398. The summed E-state index contributed by atoms with van der Waals surface area (Å²) < 4.78 is 26.8. The second kappa shape index (κ2) is 10.1. The largest absolute Gasteiger partial charge is 0.378 e. The van der Waals surface area contributed by atoms with Gasteiger partial charge in [0.05, 0.1) is 10.6 Å². The number of ketones is 1. The first-order valence-electron chi connectivity index (χ1n) is 10.1. The van der Waals surface area contributed by atoms with Crippen LogP contribution in [0.5, 0.6) is 0 Å². The molecule has 0 aromatic heterocycles. The van der Waals surface area contributed by atoms with E-state index in [1.165, 1.54) is 24.3 Å². The Bertz CT molecular complexity index is 1280.